The van der Waals surface area contributed by atoms with Crippen molar-refractivity contribution in [1.82, 2.24) is 5.32 Å². The first kappa shape index (κ1) is 10.0. The van der Waals surface area contributed by atoms with Crippen LogP contribution in [0.5, 0.6) is 0 Å². The Balaban J connectivity index is 2.05. The summed E-state index contributed by atoms with van der Waals surface area (Å²) in [5, 5.41) is 3.50. The Hall–Kier alpha value is -0.0800. The number of hydrogen-bond acceptors (Lipinski definition) is 2. The molecular formula is C10H22N2. The third-order valence-corrected chi connectivity index (χ3v) is 3.10. The van der Waals surface area contributed by atoms with Crippen molar-refractivity contribution in [2.75, 3.05) is 6.54 Å². The predicted molar refractivity (Wildman–Crippen MR) is 53.0 cm³/mol. The number of hydrogen-bond donors (Lipinski definition) is 2. The molecule has 0 aliphatic heterocycles. The van der Waals surface area contributed by atoms with Gasteiger partial charge in [-0.1, -0.05) is 27.2 Å². The van der Waals surface area contributed by atoms with Crippen molar-refractivity contribution in [1.29, 1.82) is 0 Å². The van der Waals surface area contributed by atoms with Crippen LogP contribution in [0.4, 0.5) is 0 Å². The van der Waals surface area contributed by atoms with Crippen LogP contribution in [-0.2, 0) is 0 Å². The van der Waals surface area contributed by atoms with Crippen LogP contribution in [-0.4, -0.2) is 18.6 Å². The van der Waals surface area contributed by atoms with Crippen LogP contribution < -0.4 is 11.1 Å². The summed E-state index contributed by atoms with van der Waals surface area (Å²) in [6, 6.07) is 1.10. The highest BCUT2D eigenvalue weighted by Gasteiger charge is 2.32. The second-order valence-electron chi connectivity index (χ2n) is 4.28. The smallest absolute Gasteiger partial charge is 0.0191 e. The van der Waals surface area contributed by atoms with E-state index < -0.39 is 0 Å². The zero-order chi connectivity index (χ0) is 9.14. The SMILES string of the molecule is CCC(C)C(N)CNC1CC1C. The van der Waals surface area contributed by atoms with E-state index in [2.05, 4.69) is 26.1 Å². The second-order valence-corrected chi connectivity index (χ2v) is 4.28. The van der Waals surface area contributed by atoms with Crippen LogP contribution in [0, 0.1) is 11.8 Å². The Morgan fingerprint density at radius 2 is 2.17 bits per heavy atom. The van der Waals surface area contributed by atoms with Gasteiger partial charge in [0.05, 0.1) is 0 Å². The monoisotopic (exact) mass is 170 g/mol. The summed E-state index contributed by atoms with van der Waals surface area (Å²) in [6.45, 7) is 7.70. The first-order valence-electron chi connectivity index (χ1n) is 5.14. The summed E-state index contributed by atoms with van der Waals surface area (Å²) in [4.78, 5) is 0. The topological polar surface area (TPSA) is 38.0 Å². The van der Waals surface area contributed by atoms with Crippen molar-refractivity contribution in [2.45, 2.75) is 45.7 Å². The average molecular weight is 170 g/mol. The predicted octanol–water partition coefficient (Wildman–Crippen LogP) is 1.36. The molecule has 1 aliphatic rings. The third kappa shape index (κ3) is 2.76. The van der Waals surface area contributed by atoms with Crippen LogP contribution in [0.25, 0.3) is 0 Å². The summed E-state index contributed by atoms with van der Waals surface area (Å²) in [7, 11) is 0. The first-order chi connectivity index (χ1) is 5.65. The molecule has 0 radical (unpaired) electrons. The molecule has 12 heavy (non-hydrogen) atoms. The van der Waals surface area contributed by atoms with Gasteiger partial charge >= 0.3 is 0 Å². The lowest BCUT2D eigenvalue weighted by molar-refractivity contribution is 0.415. The molecule has 0 aromatic heterocycles. The normalized spacial score (nSPS) is 33.0. The Bertz CT molecular complexity index is 136. The Morgan fingerprint density at radius 1 is 1.58 bits per heavy atom. The molecule has 0 aromatic rings. The minimum Gasteiger partial charge on any atom is -0.326 e. The number of nitrogens with one attached hydrogen (secondary N) is 1. The largest absolute Gasteiger partial charge is 0.326 e. The minimum absolute atomic E-state index is 0.336. The van der Waals surface area contributed by atoms with E-state index in [4.69, 9.17) is 5.73 Å². The third-order valence-electron chi connectivity index (χ3n) is 3.10. The summed E-state index contributed by atoms with van der Waals surface area (Å²) in [5.74, 6) is 1.53. The number of nitrogens with two attached hydrogens (primary N) is 1. The lowest BCUT2D eigenvalue weighted by Crippen LogP contribution is -2.39. The molecule has 0 bridgehead atoms. The maximum atomic E-state index is 5.99. The molecule has 4 unspecified atom stereocenters. The van der Waals surface area contributed by atoms with Gasteiger partial charge in [-0.15, -0.1) is 0 Å². The molecule has 1 aliphatic carbocycles. The van der Waals surface area contributed by atoms with Gasteiger partial charge in [-0.3, -0.25) is 0 Å². The fourth-order valence-corrected chi connectivity index (χ4v) is 1.40. The van der Waals surface area contributed by atoms with Crippen LogP contribution in [0.1, 0.15) is 33.6 Å². The molecule has 72 valence electrons. The fourth-order valence-electron chi connectivity index (χ4n) is 1.40. The van der Waals surface area contributed by atoms with Gasteiger partial charge in [0, 0.05) is 18.6 Å². The highest BCUT2D eigenvalue weighted by atomic mass is 15.0. The Kier molecular flexibility index (Phi) is 3.53. The van der Waals surface area contributed by atoms with Crippen molar-refractivity contribution >= 4 is 0 Å². The van der Waals surface area contributed by atoms with Gasteiger partial charge in [0.2, 0.25) is 0 Å². The van der Waals surface area contributed by atoms with E-state index in [9.17, 15) is 0 Å². The molecule has 0 amide bonds. The van der Waals surface area contributed by atoms with E-state index in [1.165, 1.54) is 12.8 Å². The molecule has 4 atom stereocenters. The van der Waals surface area contributed by atoms with Crippen molar-refractivity contribution in [3.63, 3.8) is 0 Å². The van der Waals surface area contributed by atoms with E-state index in [0.717, 1.165) is 18.5 Å². The van der Waals surface area contributed by atoms with Gasteiger partial charge in [-0.2, -0.15) is 0 Å². The van der Waals surface area contributed by atoms with Gasteiger partial charge in [-0.05, 0) is 18.3 Å². The molecule has 2 nitrogen and oxygen atoms in total. The molecule has 1 saturated carbocycles. The van der Waals surface area contributed by atoms with Crippen LogP contribution in [0.15, 0.2) is 0 Å². The van der Waals surface area contributed by atoms with Gasteiger partial charge in [0.1, 0.15) is 0 Å². The van der Waals surface area contributed by atoms with E-state index in [-0.39, 0.29) is 0 Å². The maximum Gasteiger partial charge on any atom is 0.0191 e. The quantitative estimate of drug-likeness (QED) is 0.654. The van der Waals surface area contributed by atoms with Gasteiger partial charge in [0.15, 0.2) is 0 Å². The summed E-state index contributed by atoms with van der Waals surface area (Å²) >= 11 is 0. The van der Waals surface area contributed by atoms with E-state index >= 15 is 0 Å². The lowest BCUT2D eigenvalue weighted by atomic mass is 10.0. The minimum atomic E-state index is 0.336. The first-order valence-corrected chi connectivity index (χ1v) is 5.14. The highest BCUT2D eigenvalue weighted by Crippen LogP contribution is 2.28. The van der Waals surface area contributed by atoms with Gasteiger partial charge in [0.25, 0.3) is 0 Å². The van der Waals surface area contributed by atoms with Crippen molar-refractivity contribution in [3.05, 3.63) is 0 Å². The zero-order valence-corrected chi connectivity index (χ0v) is 8.51. The lowest BCUT2D eigenvalue weighted by Gasteiger charge is -2.18. The summed E-state index contributed by atoms with van der Waals surface area (Å²) in [5.41, 5.74) is 5.99. The van der Waals surface area contributed by atoms with E-state index in [1.54, 1.807) is 0 Å². The summed E-state index contributed by atoms with van der Waals surface area (Å²) < 4.78 is 0. The van der Waals surface area contributed by atoms with E-state index in [0.29, 0.717) is 12.0 Å². The van der Waals surface area contributed by atoms with Crippen molar-refractivity contribution in [3.8, 4) is 0 Å². The van der Waals surface area contributed by atoms with Crippen LogP contribution in [0.2, 0.25) is 0 Å². The average Bonchev–Trinajstić information content (AvgIpc) is 2.76. The molecule has 0 saturated heterocycles. The van der Waals surface area contributed by atoms with Crippen LogP contribution >= 0.6 is 0 Å². The molecule has 3 N–H and O–H groups in total. The Labute approximate surface area is 75.9 Å². The van der Waals surface area contributed by atoms with Crippen LogP contribution in [0.3, 0.4) is 0 Å². The Morgan fingerprint density at radius 3 is 2.58 bits per heavy atom. The molecule has 1 rings (SSSR count). The number of rotatable bonds is 5. The molecule has 2 heteroatoms. The van der Waals surface area contributed by atoms with Gasteiger partial charge < -0.3 is 11.1 Å². The standard InChI is InChI=1S/C10H22N2/c1-4-7(2)9(11)6-12-10-5-8(10)3/h7-10,12H,4-6,11H2,1-3H3. The highest BCUT2D eigenvalue weighted by molar-refractivity contribution is 4.90. The molecule has 0 heterocycles. The molecule has 0 aromatic carbocycles. The van der Waals surface area contributed by atoms with Crippen molar-refractivity contribution < 1.29 is 0 Å². The summed E-state index contributed by atoms with van der Waals surface area (Å²) in [6.07, 6.45) is 2.52. The molecule has 1 fully saturated rings. The molecular weight excluding hydrogens is 148 g/mol. The van der Waals surface area contributed by atoms with Gasteiger partial charge in [-0.25, -0.2) is 0 Å². The second kappa shape index (κ2) is 4.24. The fraction of sp³-hybridized carbons (Fsp3) is 1.00. The maximum absolute atomic E-state index is 5.99. The van der Waals surface area contributed by atoms with Crippen molar-refractivity contribution in [2.24, 2.45) is 17.6 Å². The molecule has 0 spiro atoms. The van der Waals surface area contributed by atoms with E-state index in [1.807, 2.05) is 0 Å². The zero-order valence-electron chi connectivity index (χ0n) is 8.51.